The van der Waals surface area contributed by atoms with E-state index in [0.717, 1.165) is 15.3 Å². The zero-order valence-electron chi connectivity index (χ0n) is 14.7. The van der Waals surface area contributed by atoms with Crippen LogP contribution in [0.2, 0.25) is 0 Å². The van der Waals surface area contributed by atoms with Crippen LogP contribution in [-0.2, 0) is 20.7 Å². The SMILES string of the molecule is CCOC(=O)Cc1csc(NC(=O)C2CN(c3nc4ccccc4s3)C2)n1. The molecular weight excluding hydrogens is 384 g/mol. The van der Waals surface area contributed by atoms with Crippen LogP contribution in [0.25, 0.3) is 10.2 Å². The Labute approximate surface area is 164 Å². The van der Waals surface area contributed by atoms with Crippen LogP contribution in [0.4, 0.5) is 10.3 Å². The Balaban J connectivity index is 1.30. The Morgan fingerprint density at radius 1 is 1.30 bits per heavy atom. The molecule has 2 aromatic heterocycles. The third-order valence-electron chi connectivity index (χ3n) is 4.22. The van der Waals surface area contributed by atoms with Gasteiger partial charge in [0, 0.05) is 18.5 Å². The minimum atomic E-state index is -0.314. The quantitative estimate of drug-likeness (QED) is 0.638. The first kappa shape index (κ1) is 17.9. The van der Waals surface area contributed by atoms with Crippen molar-refractivity contribution in [3.05, 3.63) is 35.3 Å². The summed E-state index contributed by atoms with van der Waals surface area (Å²) in [5.74, 6) is -0.454. The number of fused-ring (bicyclic) bond motifs is 1. The van der Waals surface area contributed by atoms with E-state index in [-0.39, 0.29) is 24.2 Å². The zero-order valence-corrected chi connectivity index (χ0v) is 16.3. The molecule has 1 aromatic carbocycles. The topological polar surface area (TPSA) is 84.4 Å². The fraction of sp³-hybridized carbons (Fsp3) is 0.333. The smallest absolute Gasteiger partial charge is 0.311 e. The van der Waals surface area contributed by atoms with Crippen molar-refractivity contribution >= 4 is 55.0 Å². The van der Waals surface area contributed by atoms with E-state index in [1.165, 1.54) is 11.3 Å². The lowest BCUT2D eigenvalue weighted by molar-refractivity contribution is -0.142. The number of aromatic nitrogens is 2. The molecule has 0 spiro atoms. The first-order valence-electron chi connectivity index (χ1n) is 8.64. The van der Waals surface area contributed by atoms with Gasteiger partial charge < -0.3 is 15.0 Å². The van der Waals surface area contributed by atoms with Gasteiger partial charge in [-0.1, -0.05) is 23.5 Å². The Morgan fingerprint density at radius 2 is 2.11 bits per heavy atom. The third-order valence-corrected chi connectivity index (χ3v) is 6.12. The number of carbonyl (C=O) groups excluding carboxylic acids is 2. The average Bonchev–Trinajstić information content (AvgIpc) is 3.20. The summed E-state index contributed by atoms with van der Waals surface area (Å²) in [4.78, 5) is 34.9. The second-order valence-electron chi connectivity index (χ2n) is 6.18. The number of para-hydroxylation sites is 1. The standard InChI is InChI=1S/C18H18N4O3S2/c1-2-25-15(23)7-12-10-26-17(19-12)21-16(24)11-8-22(9-11)18-20-13-5-3-4-6-14(13)27-18/h3-6,10-11H,2,7-9H2,1H3,(H,19,21,24). The molecule has 3 heterocycles. The molecule has 0 atom stereocenters. The highest BCUT2D eigenvalue weighted by molar-refractivity contribution is 7.22. The first-order valence-corrected chi connectivity index (χ1v) is 10.3. The van der Waals surface area contributed by atoms with Gasteiger partial charge in [0.1, 0.15) is 0 Å². The molecule has 0 saturated carbocycles. The molecule has 0 unspecified atom stereocenters. The summed E-state index contributed by atoms with van der Waals surface area (Å²) in [7, 11) is 0. The van der Waals surface area contributed by atoms with Gasteiger partial charge in [-0.25, -0.2) is 9.97 Å². The van der Waals surface area contributed by atoms with E-state index in [2.05, 4.69) is 26.3 Å². The van der Waals surface area contributed by atoms with Gasteiger partial charge in [0.05, 0.1) is 34.9 Å². The van der Waals surface area contributed by atoms with Crippen molar-refractivity contribution in [2.45, 2.75) is 13.3 Å². The molecule has 0 aliphatic carbocycles. The number of esters is 1. The molecule has 0 radical (unpaired) electrons. The van der Waals surface area contributed by atoms with Crippen LogP contribution in [0.15, 0.2) is 29.6 Å². The van der Waals surface area contributed by atoms with E-state index in [0.29, 0.717) is 30.5 Å². The molecule has 1 saturated heterocycles. The average molecular weight is 403 g/mol. The molecule has 9 heteroatoms. The molecule has 3 aromatic rings. The van der Waals surface area contributed by atoms with E-state index in [1.54, 1.807) is 23.6 Å². The molecule has 4 rings (SSSR count). The van der Waals surface area contributed by atoms with Gasteiger partial charge in [0.25, 0.3) is 0 Å². The molecule has 140 valence electrons. The molecule has 7 nitrogen and oxygen atoms in total. The number of ether oxygens (including phenoxy) is 1. The van der Waals surface area contributed by atoms with Crippen LogP contribution in [0.3, 0.4) is 0 Å². The maximum atomic E-state index is 12.4. The molecule has 0 bridgehead atoms. The van der Waals surface area contributed by atoms with Crippen LogP contribution < -0.4 is 10.2 Å². The van der Waals surface area contributed by atoms with Gasteiger partial charge in [0.2, 0.25) is 5.91 Å². The van der Waals surface area contributed by atoms with Crippen molar-refractivity contribution in [3.63, 3.8) is 0 Å². The molecule has 27 heavy (non-hydrogen) atoms. The monoisotopic (exact) mass is 402 g/mol. The molecule has 1 amide bonds. The largest absolute Gasteiger partial charge is 0.466 e. The van der Waals surface area contributed by atoms with Crippen molar-refractivity contribution in [1.29, 1.82) is 0 Å². The number of nitrogens with zero attached hydrogens (tertiary/aromatic N) is 3. The van der Waals surface area contributed by atoms with Crippen molar-refractivity contribution < 1.29 is 14.3 Å². The number of hydrogen-bond acceptors (Lipinski definition) is 8. The van der Waals surface area contributed by atoms with E-state index in [1.807, 2.05) is 18.2 Å². The molecule has 1 N–H and O–H groups in total. The van der Waals surface area contributed by atoms with Crippen molar-refractivity contribution in [1.82, 2.24) is 9.97 Å². The highest BCUT2D eigenvalue weighted by atomic mass is 32.1. The van der Waals surface area contributed by atoms with Crippen molar-refractivity contribution in [2.24, 2.45) is 5.92 Å². The van der Waals surface area contributed by atoms with Crippen LogP contribution in [0.5, 0.6) is 0 Å². The van der Waals surface area contributed by atoms with Gasteiger partial charge in [-0.2, -0.15) is 0 Å². The van der Waals surface area contributed by atoms with Crippen LogP contribution in [-0.4, -0.2) is 41.5 Å². The third kappa shape index (κ3) is 3.93. The Kier molecular flexibility index (Phi) is 5.04. The predicted molar refractivity (Wildman–Crippen MR) is 106 cm³/mol. The second-order valence-corrected chi connectivity index (χ2v) is 8.05. The van der Waals surface area contributed by atoms with Crippen LogP contribution in [0, 0.1) is 5.92 Å². The summed E-state index contributed by atoms with van der Waals surface area (Å²) < 4.78 is 6.05. The number of nitrogens with one attached hydrogen (secondary N) is 1. The van der Waals surface area contributed by atoms with Crippen LogP contribution >= 0.6 is 22.7 Å². The van der Waals surface area contributed by atoms with E-state index < -0.39 is 0 Å². The second kappa shape index (κ2) is 7.61. The van der Waals surface area contributed by atoms with E-state index >= 15 is 0 Å². The lowest BCUT2D eigenvalue weighted by Crippen LogP contribution is -2.52. The number of thiazole rings is 2. The van der Waals surface area contributed by atoms with E-state index in [9.17, 15) is 9.59 Å². The highest BCUT2D eigenvalue weighted by Crippen LogP contribution is 2.33. The lowest BCUT2D eigenvalue weighted by atomic mass is 10.0. The predicted octanol–water partition coefficient (Wildman–Crippen LogP) is 2.93. The normalized spacial score (nSPS) is 14.2. The Hall–Kier alpha value is -2.52. The highest BCUT2D eigenvalue weighted by Gasteiger charge is 2.34. The maximum Gasteiger partial charge on any atom is 0.311 e. The summed E-state index contributed by atoms with van der Waals surface area (Å²) in [5, 5.41) is 6.07. The van der Waals surface area contributed by atoms with E-state index in [4.69, 9.17) is 4.74 Å². The molecule has 1 aliphatic heterocycles. The fourth-order valence-corrected chi connectivity index (χ4v) is 4.51. The summed E-state index contributed by atoms with van der Waals surface area (Å²) in [6, 6.07) is 8.02. The fourth-order valence-electron chi connectivity index (χ4n) is 2.81. The van der Waals surface area contributed by atoms with Gasteiger partial charge in [-0.15, -0.1) is 11.3 Å². The van der Waals surface area contributed by atoms with Gasteiger partial charge in [-0.3, -0.25) is 9.59 Å². The molecular formula is C18H18N4O3S2. The zero-order chi connectivity index (χ0) is 18.8. The summed E-state index contributed by atoms with van der Waals surface area (Å²) in [6.07, 6.45) is 0.120. The molecule has 1 fully saturated rings. The lowest BCUT2D eigenvalue weighted by Gasteiger charge is -2.37. The summed E-state index contributed by atoms with van der Waals surface area (Å²) in [5.41, 5.74) is 1.60. The summed E-state index contributed by atoms with van der Waals surface area (Å²) >= 11 is 2.96. The number of hydrogen-bond donors (Lipinski definition) is 1. The van der Waals surface area contributed by atoms with Crippen molar-refractivity contribution in [3.8, 4) is 0 Å². The Bertz CT molecular complexity index is 945. The van der Waals surface area contributed by atoms with Gasteiger partial charge in [0.15, 0.2) is 10.3 Å². The number of anilines is 2. The summed E-state index contributed by atoms with van der Waals surface area (Å²) in [6.45, 7) is 3.40. The van der Waals surface area contributed by atoms with Gasteiger partial charge in [-0.05, 0) is 19.1 Å². The number of rotatable bonds is 6. The minimum Gasteiger partial charge on any atom is -0.466 e. The Morgan fingerprint density at radius 3 is 2.89 bits per heavy atom. The number of amides is 1. The van der Waals surface area contributed by atoms with Gasteiger partial charge >= 0.3 is 5.97 Å². The van der Waals surface area contributed by atoms with Crippen molar-refractivity contribution in [2.75, 3.05) is 29.9 Å². The number of benzene rings is 1. The maximum absolute atomic E-state index is 12.4. The first-order chi connectivity index (χ1) is 13.1. The number of carbonyl (C=O) groups is 2. The molecule has 1 aliphatic rings. The minimum absolute atomic E-state index is 0.0515. The van der Waals surface area contributed by atoms with Crippen LogP contribution in [0.1, 0.15) is 12.6 Å².